The fourth-order valence-corrected chi connectivity index (χ4v) is 4.87. The fourth-order valence-electron chi connectivity index (χ4n) is 4.14. The van der Waals surface area contributed by atoms with Crippen LogP contribution in [0.3, 0.4) is 0 Å². The molecule has 0 amide bonds. The summed E-state index contributed by atoms with van der Waals surface area (Å²) in [6.45, 7) is 0. The smallest absolute Gasteiger partial charge is 0.261 e. The molecule has 2 heterocycles. The predicted octanol–water partition coefficient (Wildman–Crippen LogP) is 2.56. The highest BCUT2D eigenvalue weighted by Crippen LogP contribution is 2.41. The molecule has 3 aromatic rings. The van der Waals surface area contributed by atoms with Crippen molar-refractivity contribution in [3.05, 3.63) is 46.9 Å². The van der Waals surface area contributed by atoms with Crippen LogP contribution < -0.4 is 15.6 Å². The van der Waals surface area contributed by atoms with Gasteiger partial charge in [-0.1, -0.05) is 12.8 Å². The Balaban J connectivity index is 1.79. The summed E-state index contributed by atoms with van der Waals surface area (Å²) >= 11 is 0. The van der Waals surface area contributed by atoms with Gasteiger partial charge in [-0.25, -0.2) is 13.1 Å². The molecule has 10 heteroatoms. The van der Waals surface area contributed by atoms with Crippen molar-refractivity contribution in [3.8, 4) is 6.07 Å². The van der Waals surface area contributed by atoms with E-state index in [-0.39, 0.29) is 10.5 Å². The predicted molar refractivity (Wildman–Crippen MR) is 113 cm³/mol. The molecule has 1 fully saturated rings. The van der Waals surface area contributed by atoms with Crippen LogP contribution in [0.15, 0.2) is 46.2 Å². The maximum absolute atomic E-state index is 12.6. The van der Waals surface area contributed by atoms with E-state index in [2.05, 4.69) is 21.1 Å². The second-order valence-electron chi connectivity index (χ2n) is 7.45. The van der Waals surface area contributed by atoms with Gasteiger partial charge in [0, 0.05) is 11.9 Å². The second-order valence-corrected chi connectivity index (χ2v) is 9.34. The normalized spacial score (nSPS) is 15.9. The number of hydrogen-bond acceptors (Lipinski definition) is 6. The van der Waals surface area contributed by atoms with Crippen LogP contribution in [-0.2, 0) is 15.6 Å². The van der Waals surface area contributed by atoms with E-state index in [0.29, 0.717) is 28.8 Å². The lowest BCUT2D eigenvalue weighted by Gasteiger charge is -2.27. The van der Waals surface area contributed by atoms with Crippen LogP contribution in [0.5, 0.6) is 0 Å². The number of pyridine rings is 1. The van der Waals surface area contributed by atoms with E-state index in [1.807, 2.05) is 4.68 Å². The topological polar surface area (TPSA) is 133 Å². The monoisotopic (exact) mass is 426 g/mol. The summed E-state index contributed by atoms with van der Waals surface area (Å²) in [5, 5.41) is 17.7. The molecule has 4 rings (SSSR count). The Labute approximate surface area is 173 Å². The summed E-state index contributed by atoms with van der Waals surface area (Å²) in [7, 11) is -2.18. The lowest BCUT2D eigenvalue weighted by atomic mass is 9.94. The first-order chi connectivity index (χ1) is 14.4. The Bertz CT molecular complexity index is 1280. The number of aromatic nitrogens is 3. The fraction of sp³-hybridized carbons (Fsp3) is 0.350. The van der Waals surface area contributed by atoms with E-state index < -0.39 is 15.6 Å². The van der Waals surface area contributed by atoms with E-state index >= 15 is 0 Å². The maximum Gasteiger partial charge on any atom is 0.261 e. The quantitative estimate of drug-likeness (QED) is 0.555. The first-order valence-corrected chi connectivity index (χ1v) is 11.2. The minimum Gasteiger partial charge on any atom is -0.338 e. The SMILES string of the molecule is CNS(=O)(=O)c1ccc(Nc2nn(C3(CC#N)CCCC3)c3cc[nH]c(=O)c23)cc1. The van der Waals surface area contributed by atoms with E-state index in [9.17, 15) is 18.5 Å². The first-order valence-electron chi connectivity index (χ1n) is 9.69. The van der Waals surface area contributed by atoms with Gasteiger partial charge in [0.1, 0.15) is 5.39 Å². The van der Waals surface area contributed by atoms with Gasteiger partial charge in [-0.2, -0.15) is 10.4 Å². The van der Waals surface area contributed by atoms with Gasteiger partial charge >= 0.3 is 0 Å². The minimum atomic E-state index is -3.53. The number of hydrogen-bond donors (Lipinski definition) is 3. The molecule has 0 radical (unpaired) electrons. The number of nitrogens with one attached hydrogen (secondary N) is 3. The van der Waals surface area contributed by atoms with Crippen molar-refractivity contribution in [2.75, 3.05) is 12.4 Å². The van der Waals surface area contributed by atoms with Gasteiger partial charge in [-0.05, 0) is 50.2 Å². The van der Waals surface area contributed by atoms with Gasteiger partial charge in [0.15, 0.2) is 5.82 Å². The number of nitrogens with zero attached hydrogens (tertiary/aromatic N) is 3. The molecular weight excluding hydrogens is 404 g/mol. The molecule has 1 saturated carbocycles. The lowest BCUT2D eigenvalue weighted by Crippen LogP contribution is -2.31. The van der Waals surface area contributed by atoms with Crippen LogP contribution in [-0.4, -0.2) is 30.2 Å². The molecule has 0 unspecified atom stereocenters. The summed E-state index contributed by atoms with van der Waals surface area (Å²) in [6.07, 6.45) is 5.60. The number of sulfonamides is 1. The van der Waals surface area contributed by atoms with Crippen molar-refractivity contribution >= 4 is 32.4 Å². The molecular formula is C20H22N6O3S. The number of benzene rings is 1. The summed E-state index contributed by atoms with van der Waals surface area (Å²) in [5.74, 6) is 0.375. The number of nitriles is 1. The molecule has 2 aromatic heterocycles. The van der Waals surface area contributed by atoms with Crippen LogP contribution in [0.4, 0.5) is 11.5 Å². The average molecular weight is 427 g/mol. The molecule has 0 aliphatic heterocycles. The molecule has 0 spiro atoms. The molecule has 30 heavy (non-hydrogen) atoms. The lowest BCUT2D eigenvalue weighted by molar-refractivity contribution is 0.280. The zero-order valence-corrected chi connectivity index (χ0v) is 17.3. The molecule has 0 saturated heterocycles. The van der Waals surface area contributed by atoms with Crippen molar-refractivity contribution in [1.29, 1.82) is 5.26 Å². The summed E-state index contributed by atoms with van der Waals surface area (Å²) < 4.78 is 27.9. The Kier molecular flexibility index (Phi) is 5.09. The highest BCUT2D eigenvalue weighted by Gasteiger charge is 2.38. The largest absolute Gasteiger partial charge is 0.338 e. The van der Waals surface area contributed by atoms with Gasteiger partial charge in [-0.15, -0.1) is 0 Å². The highest BCUT2D eigenvalue weighted by molar-refractivity contribution is 7.89. The summed E-state index contributed by atoms with van der Waals surface area (Å²) in [4.78, 5) is 15.4. The number of rotatable bonds is 6. The Morgan fingerprint density at radius 1 is 1.23 bits per heavy atom. The molecule has 156 valence electrons. The van der Waals surface area contributed by atoms with Crippen molar-refractivity contribution in [2.24, 2.45) is 0 Å². The van der Waals surface area contributed by atoms with Gasteiger partial charge in [0.25, 0.3) is 5.56 Å². The molecule has 1 aromatic carbocycles. The Morgan fingerprint density at radius 3 is 2.57 bits per heavy atom. The van der Waals surface area contributed by atoms with E-state index in [0.717, 1.165) is 25.7 Å². The molecule has 1 aliphatic carbocycles. The zero-order chi connectivity index (χ0) is 21.4. The Morgan fingerprint density at radius 2 is 1.93 bits per heavy atom. The van der Waals surface area contributed by atoms with E-state index in [1.165, 1.54) is 19.2 Å². The van der Waals surface area contributed by atoms with Crippen molar-refractivity contribution < 1.29 is 8.42 Å². The summed E-state index contributed by atoms with van der Waals surface area (Å²) in [6, 6.07) is 10.3. The Hall–Kier alpha value is -3.16. The van der Waals surface area contributed by atoms with Crippen molar-refractivity contribution in [2.45, 2.75) is 42.5 Å². The third kappa shape index (κ3) is 3.36. The van der Waals surface area contributed by atoms with Gasteiger partial charge in [0.05, 0.1) is 28.4 Å². The molecule has 1 aliphatic rings. The van der Waals surface area contributed by atoms with Gasteiger partial charge < -0.3 is 10.3 Å². The first kappa shape index (κ1) is 20.1. The van der Waals surface area contributed by atoms with Crippen LogP contribution in [0, 0.1) is 11.3 Å². The highest BCUT2D eigenvalue weighted by atomic mass is 32.2. The zero-order valence-electron chi connectivity index (χ0n) is 16.5. The van der Waals surface area contributed by atoms with Crippen molar-refractivity contribution in [1.82, 2.24) is 19.5 Å². The van der Waals surface area contributed by atoms with Crippen LogP contribution >= 0.6 is 0 Å². The standard InChI is InChI=1S/C20H22N6O3S/c1-22-30(28,29)15-6-4-14(5-7-15)24-18-17-16(8-13-23-19(17)27)26(25-18)20(11-12-21)9-2-3-10-20/h4-8,13,22H,2-3,9-11H2,1H3,(H,23,27)(H,24,25). The molecule has 3 N–H and O–H groups in total. The minimum absolute atomic E-state index is 0.141. The van der Waals surface area contributed by atoms with Crippen LogP contribution in [0.1, 0.15) is 32.1 Å². The van der Waals surface area contributed by atoms with E-state index in [1.54, 1.807) is 24.4 Å². The third-order valence-electron chi connectivity index (χ3n) is 5.69. The number of fused-ring (bicyclic) bond motifs is 1. The van der Waals surface area contributed by atoms with Crippen LogP contribution in [0.2, 0.25) is 0 Å². The van der Waals surface area contributed by atoms with Crippen LogP contribution in [0.25, 0.3) is 10.9 Å². The molecule has 0 atom stereocenters. The van der Waals surface area contributed by atoms with Gasteiger partial charge in [0.2, 0.25) is 10.0 Å². The third-order valence-corrected chi connectivity index (χ3v) is 7.12. The average Bonchev–Trinajstić information content (AvgIpc) is 3.35. The van der Waals surface area contributed by atoms with Crippen molar-refractivity contribution in [3.63, 3.8) is 0 Å². The number of H-pyrrole nitrogens is 1. The van der Waals surface area contributed by atoms with E-state index in [4.69, 9.17) is 5.10 Å². The number of aromatic amines is 1. The molecule has 0 bridgehead atoms. The summed E-state index contributed by atoms with van der Waals surface area (Å²) in [5.41, 5.74) is 0.569. The van der Waals surface area contributed by atoms with Gasteiger partial charge in [-0.3, -0.25) is 9.48 Å². The maximum atomic E-state index is 12.6. The second kappa shape index (κ2) is 7.59. The number of anilines is 2. The molecule has 9 nitrogen and oxygen atoms in total.